The quantitative estimate of drug-likeness (QED) is 0.135. The highest BCUT2D eigenvalue weighted by Gasteiger charge is 2.32. The molecule has 0 aromatic heterocycles. The van der Waals surface area contributed by atoms with E-state index in [-0.39, 0.29) is 12.2 Å². The van der Waals surface area contributed by atoms with Crippen LogP contribution < -0.4 is 16.0 Å². The van der Waals surface area contributed by atoms with E-state index in [1.54, 1.807) is 20.2 Å². The minimum absolute atomic E-state index is 0.143. The van der Waals surface area contributed by atoms with E-state index >= 15 is 0 Å². The second-order valence-corrected chi connectivity index (χ2v) is 7.30. The first-order valence-electron chi connectivity index (χ1n) is 8.69. The highest BCUT2D eigenvalue weighted by Crippen LogP contribution is 2.11. The van der Waals surface area contributed by atoms with Crippen molar-refractivity contribution in [1.29, 1.82) is 0 Å². The normalized spacial score (nSPS) is 17.3. The lowest BCUT2D eigenvalue weighted by molar-refractivity contribution is -0.157. The average molecular weight is 439 g/mol. The van der Waals surface area contributed by atoms with Crippen LogP contribution in [0.3, 0.4) is 0 Å². The van der Waals surface area contributed by atoms with Crippen molar-refractivity contribution < 1.29 is 44.7 Å². The van der Waals surface area contributed by atoms with Crippen molar-refractivity contribution in [3.8, 4) is 0 Å². The Labute approximate surface area is 172 Å². The molecule has 13 heteroatoms. The molecule has 168 valence electrons. The highest BCUT2D eigenvalue weighted by molar-refractivity contribution is 7.98. The molecule has 0 aliphatic carbocycles. The smallest absolute Gasteiger partial charge is 0.335 e. The number of aliphatic carboxylic acids is 2. The Balaban J connectivity index is 4.93. The van der Waals surface area contributed by atoms with Crippen molar-refractivity contribution >= 4 is 35.5 Å². The molecule has 0 aromatic rings. The van der Waals surface area contributed by atoms with Gasteiger partial charge in [-0.15, -0.1) is 0 Å². The Bertz CT molecular complexity index is 578. The summed E-state index contributed by atoms with van der Waals surface area (Å²) >= 11 is 1.23. The second-order valence-electron chi connectivity index (χ2n) is 6.39. The van der Waals surface area contributed by atoms with Gasteiger partial charge in [-0.2, -0.15) is 11.8 Å². The number of carboxylic acid groups (broad SMARTS) is 2. The lowest BCUT2D eigenvalue weighted by Gasteiger charge is -2.25. The molecule has 0 spiro atoms. The lowest BCUT2D eigenvalue weighted by atomic mass is 9.95. The third-order valence-corrected chi connectivity index (χ3v) is 4.89. The van der Waals surface area contributed by atoms with E-state index in [4.69, 9.17) is 10.2 Å². The Morgan fingerprint density at radius 1 is 1.03 bits per heavy atom. The SMILES string of the molecule is CN[C@@H](C)[C@@H](CC(=O)NC[C@H](O)[C@@H](O)[C@H](O)C(=O)O)C(=O)N[C@@H](CSC)C(=O)O. The Hall–Kier alpha value is -1.93. The largest absolute Gasteiger partial charge is 0.480 e. The maximum Gasteiger partial charge on any atom is 0.335 e. The number of carbonyl (C=O) groups excluding carboxylic acids is 2. The number of nitrogens with one attached hydrogen (secondary N) is 3. The summed E-state index contributed by atoms with van der Waals surface area (Å²) < 4.78 is 0. The van der Waals surface area contributed by atoms with Crippen molar-refractivity contribution in [1.82, 2.24) is 16.0 Å². The van der Waals surface area contributed by atoms with Crippen LogP contribution in [0.1, 0.15) is 13.3 Å². The van der Waals surface area contributed by atoms with Crippen LogP contribution >= 0.6 is 11.8 Å². The van der Waals surface area contributed by atoms with E-state index in [0.29, 0.717) is 0 Å². The topological polar surface area (TPSA) is 206 Å². The number of carboxylic acids is 2. The number of aliphatic hydroxyl groups is 3. The molecule has 0 fully saturated rings. The van der Waals surface area contributed by atoms with Crippen LogP contribution in [0.15, 0.2) is 0 Å². The molecule has 0 aromatic carbocycles. The fraction of sp³-hybridized carbons (Fsp3) is 0.750. The molecule has 2 amide bonds. The Kier molecular flexibility index (Phi) is 12.4. The third-order valence-electron chi connectivity index (χ3n) is 4.23. The molecule has 6 atom stereocenters. The fourth-order valence-corrected chi connectivity index (χ4v) is 2.84. The van der Waals surface area contributed by atoms with Crippen LogP contribution in [0, 0.1) is 5.92 Å². The van der Waals surface area contributed by atoms with Gasteiger partial charge in [-0.05, 0) is 20.2 Å². The molecule has 0 unspecified atom stereocenters. The zero-order valence-electron chi connectivity index (χ0n) is 16.4. The van der Waals surface area contributed by atoms with Crippen molar-refractivity contribution in [2.75, 3.05) is 25.6 Å². The van der Waals surface area contributed by atoms with Gasteiger partial charge in [-0.3, -0.25) is 9.59 Å². The van der Waals surface area contributed by atoms with Gasteiger partial charge < -0.3 is 41.5 Å². The number of hydrogen-bond acceptors (Lipinski definition) is 9. The van der Waals surface area contributed by atoms with Gasteiger partial charge in [0.15, 0.2) is 6.10 Å². The van der Waals surface area contributed by atoms with Crippen molar-refractivity contribution in [3.05, 3.63) is 0 Å². The first-order chi connectivity index (χ1) is 13.5. The maximum absolute atomic E-state index is 12.5. The number of amides is 2. The van der Waals surface area contributed by atoms with E-state index in [2.05, 4.69) is 16.0 Å². The van der Waals surface area contributed by atoms with Crippen LogP contribution in [0.25, 0.3) is 0 Å². The molecule has 29 heavy (non-hydrogen) atoms. The standard InChI is InChI=1S/C16H29N3O9S/c1-7(17-2)8(14(24)19-9(6-29-3)15(25)26)4-11(21)18-5-10(20)12(22)13(23)16(27)28/h7-10,12-13,17,20,22-23H,4-6H2,1-3H3,(H,18,21)(H,19,24)(H,25,26)(H,27,28)/t7-,8+,9-,10-,12+,13-/m0/s1. The van der Waals surface area contributed by atoms with Crippen LogP contribution in [0.4, 0.5) is 0 Å². The molecule has 0 aliphatic rings. The molecule has 12 nitrogen and oxygen atoms in total. The van der Waals surface area contributed by atoms with Gasteiger partial charge >= 0.3 is 11.9 Å². The summed E-state index contributed by atoms with van der Waals surface area (Å²) in [6.45, 7) is 1.07. The van der Waals surface area contributed by atoms with Crippen LogP contribution in [-0.4, -0.2) is 105 Å². The summed E-state index contributed by atoms with van der Waals surface area (Å²) in [6, 6.07) is -1.62. The minimum atomic E-state index is -2.23. The second kappa shape index (κ2) is 13.3. The summed E-state index contributed by atoms with van der Waals surface area (Å²) in [5.41, 5.74) is 0. The van der Waals surface area contributed by atoms with E-state index in [1.165, 1.54) is 11.8 Å². The van der Waals surface area contributed by atoms with Crippen LogP contribution in [-0.2, 0) is 19.2 Å². The zero-order valence-corrected chi connectivity index (χ0v) is 17.2. The number of hydrogen-bond donors (Lipinski definition) is 8. The molecule has 0 saturated heterocycles. The zero-order chi connectivity index (χ0) is 22.7. The van der Waals surface area contributed by atoms with Crippen LogP contribution in [0.2, 0.25) is 0 Å². The van der Waals surface area contributed by atoms with E-state index in [0.717, 1.165) is 0 Å². The molecular weight excluding hydrogens is 410 g/mol. The Morgan fingerprint density at radius 2 is 1.62 bits per heavy atom. The molecule has 0 rings (SSSR count). The van der Waals surface area contributed by atoms with Gasteiger partial charge in [-0.25, -0.2) is 9.59 Å². The lowest BCUT2D eigenvalue weighted by Crippen LogP contribution is -2.51. The summed E-state index contributed by atoms with van der Waals surface area (Å²) in [5, 5.41) is 53.6. The summed E-state index contributed by atoms with van der Waals surface area (Å²) in [4.78, 5) is 46.4. The van der Waals surface area contributed by atoms with Gasteiger partial charge in [0.2, 0.25) is 11.8 Å². The number of carbonyl (C=O) groups is 4. The van der Waals surface area contributed by atoms with Gasteiger partial charge in [0.05, 0.1) is 5.92 Å². The molecule has 8 N–H and O–H groups in total. The number of rotatable bonds is 14. The number of thioether (sulfide) groups is 1. The van der Waals surface area contributed by atoms with E-state index < -0.39 is 66.6 Å². The van der Waals surface area contributed by atoms with Gasteiger partial charge in [0.25, 0.3) is 0 Å². The van der Waals surface area contributed by atoms with Crippen LogP contribution in [0.5, 0.6) is 0 Å². The predicted octanol–water partition coefficient (Wildman–Crippen LogP) is -3.18. The predicted molar refractivity (Wildman–Crippen MR) is 103 cm³/mol. The first-order valence-corrected chi connectivity index (χ1v) is 10.1. The van der Waals surface area contributed by atoms with Crippen molar-refractivity contribution in [2.45, 2.75) is 43.7 Å². The molecule has 0 saturated carbocycles. The molecule has 0 bridgehead atoms. The van der Waals surface area contributed by atoms with Gasteiger partial charge in [0.1, 0.15) is 18.2 Å². The molecule has 0 heterocycles. The first kappa shape index (κ1) is 27.1. The summed E-state index contributed by atoms with van der Waals surface area (Å²) in [7, 11) is 1.56. The fourth-order valence-electron chi connectivity index (χ4n) is 2.29. The average Bonchev–Trinajstić information content (AvgIpc) is 2.67. The molecular formula is C16H29N3O9S. The van der Waals surface area contributed by atoms with Crippen molar-refractivity contribution in [3.63, 3.8) is 0 Å². The molecule has 0 radical (unpaired) electrons. The number of aliphatic hydroxyl groups excluding tert-OH is 3. The third kappa shape index (κ3) is 9.41. The summed E-state index contributed by atoms with van der Waals surface area (Å²) in [6.07, 6.45) is -4.68. The maximum atomic E-state index is 12.5. The minimum Gasteiger partial charge on any atom is -0.480 e. The van der Waals surface area contributed by atoms with E-state index in [1.807, 2.05) is 0 Å². The van der Waals surface area contributed by atoms with E-state index in [9.17, 15) is 34.5 Å². The van der Waals surface area contributed by atoms with Crippen molar-refractivity contribution in [2.24, 2.45) is 5.92 Å². The summed E-state index contributed by atoms with van der Waals surface area (Å²) in [5.74, 6) is -5.08. The van der Waals surface area contributed by atoms with Gasteiger partial charge in [0, 0.05) is 24.8 Å². The Morgan fingerprint density at radius 3 is 2.07 bits per heavy atom. The van der Waals surface area contributed by atoms with Gasteiger partial charge in [-0.1, -0.05) is 0 Å². The monoisotopic (exact) mass is 439 g/mol. The molecule has 0 aliphatic heterocycles. The highest BCUT2D eigenvalue weighted by atomic mass is 32.2.